The van der Waals surface area contributed by atoms with Crippen LogP contribution in [-0.4, -0.2) is 23.0 Å². The van der Waals surface area contributed by atoms with Gasteiger partial charge in [0.15, 0.2) is 11.5 Å². The molecule has 0 unspecified atom stereocenters. The molecule has 0 fully saturated rings. The Morgan fingerprint density at radius 1 is 1.14 bits per heavy atom. The number of nitrogens with zero attached hydrogens (tertiary/aromatic N) is 3. The van der Waals surface area contributed by atoms with Crippen molar-refractivity contribution in [3.63, 3.8) is 0 Å². The molecular formula is C27H25BrClN3O3. The lowest BCUT2D eigenvalue weighted by atomic mass is 10.2. The summed E-state index contributed by atoms with van der Waals surface area (Å²) in [4.78, 5) is 18.1. The maximum Gasteiger partial charge on any atom is 0.282 e. The Hall–Kier alpha value is -3.16. The minimum Gasteiger partial charge on any atom is -0.493 e. The number of methoxy groups -OCH3 is 1. The summed E-state index contributed by atoms with van der Waals surface area (Å²) in [5.74, 6) is 1.73. The van der Waals surface area contributed by atoms with Gasteiger partial charge in [-0.25, -0.2) is 4.98 Å². The van der Waals surface area contributed by atoms with Crippen LogP contribution in [0, 0.1) is 0 Å². The normalized spacial score (nSPS) is 11.3. The van der Waals surface area contributed by atoms with E-state index in [0.29, 0.717) is 51.8 Å². The first-order valence-electron chi connectivity index (χ1n) is 11.3. The smallest absolute Gasteiger partial charge is 0.282 e. The molecule has 0 N–H and O–H groups in total. The summed E-state index contributed by atoms with van der Waals surface area (Å²) >= 11 is 9.43. The molecule has 0 amide bonds. The molecule has 0 saturated carbocycles. The van der Waals surface area contributed by atoms with Crippen LogP contribution < -0.4 is 15.0 Å². The SMILES string of the molecule is CCCCc1nc2ccc(Br)cc2c(=O)n1N=Cc1cccc(OC)c1OCc1ccc(Cl)cc1. The highest BCUT2D eigenvalue weighted by atomic mass is 79.9. The van der Waals surface area contributed by atoms with Gasteiger partial charge in [0.05, 0.1) is 24.2 Å². The second-order valence-corrected chi connectivity index (χ2v) is 9.30. The van der Waals surface area contributed by atoms with E-state index >= 15 is 0 Å². The number of fused-ring (bicyclic) bond motifs is 1. The van der Waals surface area contributed by atoms with Crippen LogP contribution in [0.1, 0.15) is 36.7 Å². The summed E-state index contributed by atoms with van der Waals surface area (Å²) < 4.78 is 13.8. The summed E-state index contributed by atoms with van der Waals surface area (Å²) in [5, 5.41) is 5.73. The molecule has 0 aliphatic heterocycles. The highest BCUT2D eigenvalue weighted by molar-refractivity contribution is 9.10. The summed E-state index contributed by atoms with van der Waals surface area (Å²) in [6, 6.07) is 18.5. The third-order valence-electron chi connectivity index (χ3n) is 5.47. The fraction of sp³-hybridized carbons (Fsp3) is 0.222. The van der Waals surface area contributed by atoms with Crippen molar-refractivity contribution in [2.45, 2.75) is 32.8 Å². The van der Waals surface area contributed by atoms with Crippen LogP contribution in [0.25, 0.3) is 10.9 Å². The first-order chi connectivity index (χ1) is 17.0. The lowest BCUT2D eigenvalue weighted by Crippen LogP contribution is -2.22. The predicted molar refractivity (Wildman–Crippen MR) is 144 cm³/mol. The molecule has 4 aromatic rings. The number of aromatic nitrogens is 2. The Bertz CT molecular complexity index is 1420. The van der Waals surface area contributed by atoms with E-state index in [-0.39, 0.29) is 5.56 Å². The topological polar surface area (TPSA) is 65.7 Å². The number of halogens is 2. The molecule has 4 rings (SSSR count). The Balaban J connectivity index is 1.73. The highest BCUT2D eigenvalue weighted by Gasteiger charge is 2.13. The van der Waals surface area contributed by atoms with Crippen molar-refractivity contribution in [2.75, 3.05) is 7.11 Å². The zero-order chi connectivity index (χ0) is 24.8. The molecule has 1 heterocycles. The van der Waals surface area contributed by atoms with E-state index < -0.39 is 0 Å². The van der Waals surface area contributed by atoms with E-state index in [2.05, 4.69) is 28.0 Å². The van der Waals surface area contributed by atoms with E-state index in [4.69, 9.17) is 26.1 Å². The van der Waals surface area contributed by atoms with E-state index in [0.717, 1.165) is 22.9 Å². The number of aryl methyl sites for hydroxylation is 1. The lowest BCUT2D eigenvalue weighted by molar-refractivity contribution is 0.284. The van der Waals surface area contributed by atoms with Gasteiger partial charge in [0.25, 0.3) is 5.56 Å². The fourth-order valence-electron chi connectivity index (χ4n) is 3.62. The number of unbranched alkanes of at least 4 members (excludes halogenated alkanes) is 1. The van der Waals surface area contributed by atoms with Gasteiger partial charge in [-0.2, -0.15) is 9.78 Å². The van der Waals surface area contributed by atoms with Crippen LogP contribution in [0.2, 0.25) is 5.02 Å². The first-order valence-corrected chi connectivity index (χ1v) is 12.5. The number of benzene rings is 3. The number of hydrogen-bond acceptors (Lipinski definition) is 5. The summed E-state index contributed by atoms with van der Waals surface area (Å²) in [5.41, 5.74) is 2.08. The molecule has 0 saturated heterocycles. The monoisotopic (exact) mass is 553 g/mol. The number of ether oxygens (including phenoxy) is 2. The zero-order valence-electron chi connectivity index (χ0n) is 19.5. The average molecular weight is 555 g/mol. The van der Waals surface area contributed by atoms with Crippen LogP contribution in [0.15, 0.2) is 75.0 Å². The van der Waals surface area contributed by atoms with E-state index in [1.54, 1.807) is 19.4 Å². The quantitative estimate of drug-likeness (QED) is 0.218. The van der Waals surface area contributed by atoms with Gasteiger partial charge in [0.2, 0.25) is 0 Å². The van der Waals surface area contributed by atoms with Gasteiger partial charge in [-0.1, -0.05) is 59.1 Å². The van der Waals surface area contributed by atoms with Crippen molar-refractivity contribution >= 4 is 44.6 Å². The Morgan fingerprint density at radius 2 is 1.94 bits per heavy atom. The Labute approximate surface area is 217 Å². The van der Waals surface area contributed by atoms with Gasteiger partial charge in [0, 0.05) is 21.5 Å². The first kappa shape index (κ1) is 24.9. The highest BCUT2D eigenvalue weighted by Crippen LogP contribution is 2.31. The molecule has 0 bridgehead atoms. The van der Waals surface area contributed by atoms with Crippen molar-refractivity contribution < 1.29 is 9.47 Å². The van der Waals surface area contributed by atoms with Gasteiger partial charge in [-0.15, -0.1) is 0 Å². The van der Waals surface area contributed by atoms with Gasteiger partial charge in [-0.05, 0) is 54.4 Å². The molecule has 0 aliphatic carbocycles. The predicted octanol–water partition coefficient (Wildman–Crippen LogP) is 6.62. The fourth-order valence-corrected chi connectivity index (χ4v) is 4.10. The van der Waals surface area contributed by atoms with Crippen molar-refractivity contribution in [3.8, 4) is 11.5 Å². The van der Waals surface area contributed by atoms with Gasteiger partial charge < -0.3 is 9.47 Å². The average Bonchev–Trinajstić information content (AvgIpc) is 2.87. The third-order valence-corrected chi connectivity index (χ3v) is 6.21. The number of hydrogen-bond donors (Lipinski definition) is 0. The summed E-state index contributed by atoms with van der Waals surface area (Å²) in [6.07, 6.45) is 4.14. The molecule has 0 radical (unpaired) electrons. The van der Waals surface area contributed by atoms with Crippen LogP contribution in [-0.2, 0) is 13.0 Å². The molecule has 3 aromatic carbocycles. The molecule has 35 heavy (non-hydrogen) atoms. The molecule has 0 aliphatic rings. The number of rotatable bonds is 9. The molecule has 6 nitrogen and oxygen atoms in total. The molecule has 180 valence electrons. The largest absolute Gasteiger partial charge is 0.493 e. The van der Waals surface area contributed by atoms with Gasteiger partial charge >= 0.3 is 0 Å². The van der Waals surface area contributed by atoms with Crippen molar-refractivity contribution in [1.29, 1.82) is 0 Å². The minimum atomic E-state index is -0.217. The van der Waals surface area contributed by atoms with Crippen LogP contribution >= 0.6 is 27.5 Å². The third kappa shape index (κ3) is 5.92. The maximum absolute atomic E-state index is 13.4. The maximum atomic E-state index is 13.4. The molecule has 0 atom stereocenters. The van der Waals surface area contributed by atoms with Crippen LogP contribution in [0.5, 0.6) is 11.5 Å². The van der Waals surface area contributed by atoms with Gasteiger partial charge in [0.1, 0.15) is 12.4 Å². The van der Waals surface area contributed by atoms with Crippen LogP contribution in [0.3, 0.4) is 0 Å². The summed E-state index contributed by atoms with van der Waals surface area (Å²) in [7, 11) is 1.59. The molecule has 0 spiro atoms. The van der Waals surface area contributed by atoms with E-state index in [1.807, 2.05) is 54.6 Å². The lowest BCUT2D eigenvalue weighted by Gasteiger charge is -2.14. The van der Waals surface area contributed by atoms with E-state index in [1.165, 1.54) is 4.68 Å². The van der Waals surface area contributed by atoms with Gasteiger partial charge in [-0.3, -0.25) is 4.79 Å². The van der Waals surface area contributed by atoms with E-state index in [9.17, 15) is 4.79 Å². The zero-order valence-corrected chi connectivity index (χ0v) is 21.8. The standard InChI is InChI=1S/C27H25BrClN3O3/c1-3-4-8-25-31-23-14-11-20(28)15-22(23)27(33)32(25)30-16-19-6-5-7-24(34-2)26(19)35-17-18-9-12-21(29)13-10-18/h5-7,9-16H,3-4,8,17H2,1-2H3. The van der Waals surface area contributed by atoms with Crippen molar-refractivity contribution in [2.24, 2.45) is 5.10 Å². The Morgan fingerprint density at radius 3 is 2.69 bits per heavy atom. The molecule has 8 heteroatoms. The van der Waals surface area contributed by atoms with Crippen molar-refractivity contribution in [3.05, 3.63) is 97.5 Å². The second kappa shape index (κ2) is 11.5. The number of para-hydroxylation sites is 1. The molecule has 1 aromatic heterocycles. The summed E-state index contributed by atoms with van der Waals surface area (Å²) in [6.45, 7) is 2.43. The van der Waals surface area contributed by atoms with Crippen LogP contribution in [0.4, 0.5) is 0 Å². The second-order valence-electron chi connectivity index (χ2n) is 7.95. The Kier molecular flexibility index (Phi) is 8.21. The van der Waals surface area contributed by atoms with Crippen molar-refractivity contribution in [1.82, 2.24) is 9.66 Å². The molecular weight excluding hydrogens is 530 g/mol. The minimum absolute atomic E-state index is 0.217.